The van der Waals surface area contributed by atoms with Crippen LogP contribution in [0.25, 0.3) is 0 Å². The predicted molar refractivity (Wildman–Crippen MR) is 96.0 cm³/mol. The van der Waals surface area contributed by atoms with Gasteiger partial charge in [0.25, 0.3) is 0 Å². The van der Waals surface area contributed by atoms with Crippen LogP contribution in [0.15, 0.2) is 36.4 Å². The first-order valence-electron chi connectivity index (χ1n) is 8.20. The van der Waals surface area contributed by atoms with Gasteiger partial charge in [-0.05, 0) is 35.4 Å². The summed E-state index contributed by atoms with van der Waals surface area (Å²) >= 11 is 0. The SMILES string of the molecule is NCC(O)c1ccc(OCC(O)c2ccc(O)c(O)c2)c(O)c1.O=C(O)C(F)(F)F. The largest absolute Gasteiger partial charge is 0.504 e. The fraction of sp³-hybridized carbons (Fsp3) is 0.278. The minimum Gasteiger partial charge on any atom is -0.504 e. The second-order valence-corrected chi connectivity index (χ2v) is 5.86. The molecule has 9 nitrogen and oxygen atoms in total. The van der Waals surface area contributed by atoms with Crippen LogP contribution >= 0.6 is 0 Å². The second kappa shape index (κ2) is 10.5. The van der Waals surface area contributed by atoms with E-state index in [9.17, 15) is 38.7 Å². The van der Waals surface area contributed by atoms with Crippen LogP contribution in [0.1, 0.15) is 23.3 Å². The Bertz CT molecular complexity index is 860. The van der Waals surface area contributed by atoms with Crippen LogP contribution in [0.3, 0.4) is 0 Å². The number of phenols is 3. The lowest BCUT2D eigenvalue weighted by Crippen LogP contribution is -2.21. The number of carboxylic acids is 1. The van der Waals surface area contributed by atoms with Gasteiger partial charge in [-0.25, -0.2) is 4.79 Å². The monoisotopic (exact) mass is 435 g/mol. The van der Waals surface area contributed by atoms with Gasteiger partial charge in [-0.2, -0.15) is 13.2 Å². The molecule has 12 heteroatoms. The number of aromatic hydroxyl groups is 3. The molecule has 2 unspecified atom stereocenters. The smallest absolute Gasteiger partial charge is 0.490 e. The van der Waals surface area contributed by atoms with Crippen LogP contribution in [0, 0.1) is 0 Å². The van der Waals surface area contributed by atoms with Crippen molar-refractivity contribution in [2.75, 3.05) is 13.2 Å². The third-order valence-electron chi connectivity index (χ3n) is 3.61. The molecule has 0 spiro atoms. The number of hydrogen-bond donors (Lipinski definition) is 7. The van der Waals surface area contributed by atoms with Crippen molar-refractivity contribution in [3.8, 4) is 23.0 Å². The Hall–Kier alpha value is -3.22. The van der Waals surface area contributed by atoms with Crippen LogP contribution in [-0.4, -0.2) is 55.9 Å². The third-order valence-corrected chi connectivity index (χ3v) is 3.61. The number of ether oxygens (including phenoxy) is 1. The molecule has 166 valence electrons. The number of nitrogens with two attached hydrogens (primary N) is 1. The maximum Gasteiger partial charge on any atom is 0.490 e. The van der Waals surface area contributed by atoms with E-state index in [1.54, 1.807) is 6.07 Å². The summed E-state index contributed by atoms with van der Waals surface area (Å²) in [5.74, 6) is -3.43. The van der Waals surface area contributed by atoms with Crippen molar-refractivity contribution in [1.82, 2.24) is 0 Å². The fourth-order valence-corrected chi connectivity index (χ4v) is 2.01. The van der Waals surface area contributed by atoms with Gasteiger partial charge < -0.3 is 41.1 Å². The highest BCUT2D eigenvalue weighted by molar-refractivity contribution is 5.73. The summed E-state index contributed by atoms with van der Waals surface area (Å²) in [6.45, 7) is -0.140. The number of benzene rings is 2. The highest BCUT2D eigenvalue weighted by Crippen LogP contribution is 2.31. The Balaban J connectivity index is 0.000000553. The summed E-state index contributed by atoms with van der Waals surface area (Å²) in [6, 6.07) is 8.30. The average molecular weight is 435 g/mol. The van der Waals surface area contributed by atoms with Gasteiger partial charge in [0.1, 0.15) is 12.7 Å². The van der Waals surface area contributed by atoms with E-state index in [-0.39, 0.29) is 36.1 Å². The Morgan fingerprint density at radius 3 is 1.90 bits per heavy atom. The first kappa shape index (κ1) is 24.8. The Kier molecular flexibility index (Phi) is 8.71. The lowest BCUT2D eigenvalue weighted by molar-refractivity contribution is -0.192. The number of aliphatic hydroxyl groups is 2. The molecule has 0 aromatic heterocycles. The zero-order valence-electron chi connectivity index (χ0n) is 15.2. The van der Waals surface area contributed by atoms with Gasteiger partial charge in [-0.3, -0.25) is 0 Å². The molecule has 0 aliphatic rings. The average Bonchev–Trinajstić information content (AvgIpc) is 2.67. The van der Waals surface area contributed by atoms with Gasteiger partial charge >= 0.3 is 12.1 Å². The van der Waals surface area contributed by atoms with E-state index in [0.717, 1.165) is 0 Å². The normalized spacial score (nSPS) is 13.0. The van der Waals surface area contributed by atoms with E-state index in [2.05, 4.69) is 0 Å². The molecule has 8 N–H and O–H groups in total. The Morgan fingerprint density at radius 2 is 1.43 bits per heavy atom. The standard InChI is InChI=1S/C16H19NO6.C2HF3O2/c17-7-14(21)9-2-4-16(13(20)6-9)23-8-15(22)10-1-3-11(18)12(19)5-10;3-2(4,5)1(6)7/h1-6,14-15,18-22H,7-8,17H2;(H,6,7). The number of aliphatic hydroxyl groups excluding tert-OH is 2. The molecule has 0 saturated heterocycles. The minimum atomic E-state index is -5.08. The number of rotatable bonds is 6. The zero-order valence-corrected chi connectivity index (χ0v) is 15.2. The van der Waals surface area contributed by atoms with Crippen molar-refractivity contribution in [3.05, 3.63) is 47.5 Å². The molecule has 0 aliphatic carbocycles. The number of halogens is 3. The van der Waals surface area contributed by atoms with Crippen molar-refractivity contribution in [2.45, 2.75) is 18.4 Å². The van der Waals surface area contributed by atoms with E-state index in [0.29, 0.717) is 11.1 Å². The van der Waals surface area contributed by atoms with Crippen molar-refractivity contribution >= 4 is 5.97 Å². The van der Waals surface area contributed by atoms with Crippen LogP contribution in [0.5, 0.6) is 23.0 Å². The molecule has 0 bridgehead atoms. The molecular formula is C18H20F3NO8. The van der Waals surface area contributed by atoms with Gasteiger partial charge in [0.05, 0.1) is 6.10 Å². The van der Waals surface area contributed by atoms with Crippen molar-refractivity contribution in [3.63, 3.8) is 0 Å². The molecule has 0 radical (unpaired) electrons. The van der Waals surface area contributed by atoms with Gasteiger partial charge in [-0.1, -0.05) is 12.1 Å². The molecule has 0 aliphatic heterocycles. The van der Waals surface area contributed by atoms with Gasteiger partial charge in [0.2, 0.25) is 0 Å². The summed E-state index contributed by atoms with van der Waals surface area (Å²) < 4.78 is 37.1. The van der Waals surface area contributed by atoms with Crippen LogP contribution in [0.2, 0.25) is 0 Å². The lowest BCUT2D eigenvalue weighted by atomic mass is 10.1. The van der Waals surface area contributed by atoms with Gasteiger partial charge in [0, 0.05) is 6.54 Å². The predicted octanol–water partition coefficient (Wildman–Crippen LogP) is 1.54. The van der Waals surface area contributed by atoms with Crippen LogP contribution in [0.4, 0.5) is 13.2 Å². The van der Waals surface area contributed by atoms with Crippen LogP contribution in [-0.2, 0) is 4.79 Å². The number of hydrogen-bond acceptors (Lipinski definition) is 8. The molecule has 0 fully saturated rings. The van der Waals surface area contributed by atoms with Crippen molar-refractivity contribution in [2.24, 2.45) is 5.73 Å². The van der Waals surface area contributed by atoms with E-state index < -0.39 is 24.4 Å². The topological polar surface area (TPSA) is 174 Å². The Morgan fingerprint density at radius 1 is 0.933 bits per heavy atom. The molecule has 0 saturated carbocycles. The van der Waals surface area contributed by atoms with Crippen LogP contribution < -0.4 is 10.5 Å². The first-order valence-corrected chi connectivity index (χ1v) is 8.20. The summed E-state index contributed by atoms with van der Waals surface area (Å²) in [4.78, 5) is 8.90. The lowest BCUT2D eigenvalue weighted by Gasteiger charge is -2.15. The summed E-state index contributed by atoms with van der Waals surface area (Å²) in [7, 11) is 0. The molecular weight excluding hydrogens is 415 g/mol. The third kappa shape index (κ3) is 7.31. The van der Waals surface area contributed by atoms with Gasteiger partial charge in [0.15, 0.2) is 23.0 Å². The van der Waals surface area contributed by atoms with Gasteiger partial charge in [-0.15, -0.1) is 0 Å². The van der Waals surface area contributed by atoms with Crippen molar-refractivity contribution in [1.29, 1.82) is 0 Å². The summed E-state index contributed by atoms with van der Waals surface area (Å²) in [6.07, 6.45) is -7.02. The molecule has 2 aromatic carbocycles. The Labute approximate surface area is 168 Å². The number of carboxylic acid groups (broad SMARTS) is 1. The van der Waals surface area contributed by atoms with Crippen molar-refractivity contribution < 1.29 is 53.3 Å². The highest BCUT2D eigenvalue weighted by Gasteiger charge is 2.38. The van der Waals surface area contributed by atoms with E-state index >= 15 is 0 Å². The molecule has 30 heavy (non-hydrogen) atoms. The molecule has 2 rings (SSSR count). The minimum absolute atomic E-state index is 0.0305. The van der Waals surface area contributed by atoms with E-state index in [1.165, 1.54) is 30.3 Å². The zero-order chi connectivity index (χ0) is 23.1. The second-order valence-electron chi connectivity index (χ2n) is 5.86. The quantitative estimate of drug-likeness (QED) is 0.332. The molecule has 2 aromatic rings. The molecule has 0 heterocycles. The number of phenolic OH excluding ortho intramolecular Hbond substituents is 3. The maximum absolute atomic E-state index is 10.6. The maximum atomic E-state index is 10.6. The fourth-order valence-electron chi connectivity index (χ4n) is 2.01. The highest BCUT2D eigenvalue weighted by atomic mass is 19.4. The number of aliphatic carboxylic acids is 1. The first-order chi connectivity index (χ1) is 13.9. The summed E-state index contributed by atoms with van der Waals surface area (Å²) in [5.41, 5.74) is 6.16. The molecule has 0 amide bonds. The molecule has 2 atom stereocenters. The summed E-state index contributed by atoms with van der Waals surface area (Å²) in [5, 5.41) is 55.2. The number of alkyl halides is 3. The van der Waals surface area contributed by atoms with E-state index in [4.69, 9.17) is 20.4 Å². The number of carbonyl (C=O) groups is 1. The van der Waals surface area contributed by atoms with E-state index in [1.807, 2.05) is 0 Å².